The second kappa shape index (κ2) is 21.4. The second-order valence-corrected chi connectivity index (χ2v) is 18.4. The van der Waals surface area contributed by atoms with Crippen LogP contribution in [-0.2, 0) is 16.6 Å². The number of aldehydes is 1. The van der Waals surface area contributed by atoms with Gasteiger partial charge in [0.05, 0.1) is 16.3 Å². The number of anilines is 6. The van der Waals surface area contributed by atoms with Gasteiger partial charge < -0.3 is 14.9 Å². The molecule has 1 N–H and O–H groups in total. The monoisotopic (exact) mass is 968 g/mol. The van der Waals surface area contributed by atoms with Crippen molar-refractivity contribution in [3.63, 3.8) is 0 Å². The van der Waals surface area contributed by atoms with Crippen LogP contribution in [0.3, 0.4) is 0 Å². The molecule has 1 aliphatic rings. The highest BCUT2D eigenvalue weighted by atomic mass is 32.1. The van der Waals surface area contributed by atoms with Crippen molar-refractivity contribution >= 4 is 101 Å². The Morgan fingerprint density at radius 3 is 1.55 bits per heavy atom. The maximum atomic E-state index is 12.8. The van der Waals surface area contributed by atoms with Crippen LogP contribution in [0.5, 0.6) is 5.88 Å². The van der Waals surface area contributed by atoms with E-state index in [1.54, 1.807) is 19.9 Å². The number of nitriles is 2. The number of carbonyl (C=O) groups excluding carboxylic acids is 3. The highest BCUT2D eigenvalue weighted by molar-refractivity contribution is 7.18. The molecule has 4 heterocycles. The molecule has 0 saturated heterocycles. The summed E-state index contributed by atoms with van der Waals surface area (Å²) >= 11 is 3.03. The van der Waals surface area contributed by atoms with E-state index in [9.17, 15) is 29.5 Å². The number of aromatic hydroxyl groups is 1. The molecule has 11 nitrogen and oxygen atoms in total. The number of thiophene rings is 2. The number of fused-ring (bicyclic) bond motifs is 2. The summed E-state index contributed by atoms with van der Waals surface area (Å²) in [6.45, 7) is 3.26. The summed E-state index contributed by atoms with van der Waals surface area (Å²) in [5.74, 6) is -1.25. The summed E-state index contributed by atoms with van der Waals surface area (Å²) in [5, 5.41) is 34.0. The number of imide groups is 1. The lowest BCUT2D eigenvalue weighted by Crippen LogP contribution is -2.39. The Morgan fingerprint density at radius 1 is 0.577 bits per heavy atom. The quantitative estimate of drug-likeness (QED) is 0.0891. The lowest BCUT2D eigenvalue weighted by Gasteiger charge is -2.25. The van der Waals surface area contributed by atoms with E-state index >= 15 is 0 Å². The molecule has 0 bridgehead atoms. The van der Waals surface area contributed by atoms with Crippen molar-refractivity contribution in [1.82, 2.24) is 9.47 Å². The van der Waals surface area contributed by atoms with E-state index < -0.39 is 11.8 Å². The average molecular weight is 969 g/mol. The van der Waals surface area contributed by atoms with Crippen LogP contribution in [0.25, 0.3) is 27.6 Å². The number of hydrogen-bond donors (Lipinski definition) is 1. The number of aryl methyl sites for hydroxylation is 1. The first kappa shape index (κ1) is 48.3. The highest BCUT2D eigenvalue weighted by Gasteiger charge is 2.33. The van der Waals surface area contributed by atoms with E-state index in [0.717, 1.165) is 69.0 Å². The summed E-state index contributed by atoms with van der Waals surface area (Å²) in [5.41, 5.74) is 5.35. The maximum absolute atomic E-state index is 12.8. The van der Waals surface area contributed by atoms with Crippen LogP contribution in [0, 0.1) is 29.6 Å². The Balaban J connectivity index is 0.000000161. The van der Waals surface area contributed by atoms with Gasteiger partial charge in [-0.1, -0.05) is 109 Å². The smallest absolute Gasteiger partial charge is 0.271 e. The molecule has 71 heavy (non-hydrogen) atoms. The maximum Gasteiger partial charge on any atom is 0.271 e. The number of para-hydroxylation sites is 2. The average Bonchev–Trinajstić information content (AvgIpc) is 4.08. The Morgan fingerprint density at radius 2 is 1.06 bits per heavy atom. The van der Waals surface area contributed by atoms with Crippen molar-refractivity contribution in [2.45, 2.75) is 13.8 Å². The number of pyridine rings is 1. The molecule has 0 aliphatic carbocycles. The summed E-state index contributed by atoms with van der Waals surface area (Å²) in [6.07, 6.45) is 2.67. The van der Waals surface area contributed by atoms with Gasteiger partial charge in [-0.05, 0) is 102 Å². The van der Waals surface area contributed by atoms with Crippen LogP contribution in [0.1, 0.15) is 32.6 Å². The van der Waals surface area contributed by atoms with E-state index in [2.05, 4.69) is 107 Å². The Labute approximate surface area is 418 Å². The summed E-state index contributed by atoms with van der Waals surface area (Å²) < 4.78 is 1.03. The number of aromatic nitrogens is 1. The molecule has 0 fully saturated rings. The molecule has 1 aliphatic heterocycles. The molecule has 348 valence electrons. The molecule has 6 aromatic carbocycles. The first-order valence-corrected chi connectivity index (χ1v) is 23.8. The van der Waals surface area contributed by atoms with E-state index in [1.165, 1.54) is 53.6 Å². The zero-order valence-corrected chi connectivity index (χ0v) is 40.6. The molecule has 9 aromatic rings. The van der Waals surface area contributed by atoms with Crippen molar-refractivity contribution in [2.75, 3.05) is 16.8 Å². The molecular weight excluding hydrogens is 925 g/mol. The van der Waals surface area contributed by atoms with Gasteiger partial charge in [0.25, 0.3) is 17.4 Å². The van der Waals surface area contributed by atoms with Gasteiger partial charge in [-0.2, -0.15) is 10.5 Å². The molecule has 0 spiro atoms. The number of carbonyl (C=O) groups is 3. The Hall–Kier alpha value is -9.14. The van der Waals surface area contributed by atoms with Crippen molar-refractivity contribution in [3.8, 4) is 18.0 Å². The third-order valence-corrected chi connectivity index (χ3v) is 13.8. The molecule has 10 rings (SSSR count). The number of hydrogen-bond acceptors (Lipinski definition) is 11. The minimum atomic E-state index is -0.565. The van der Waals surface area contributed by atoms with Crippen LogP contribution >= 0.6 is 22.7 Å². The van der Waals surface area contributed by atoms with E-state index in [-0.39, 0.29) is 22.6 Å². The summed E-state index contributed by atoms with van der Waals surface area (Å²) in [6, 6.07) is 62.5. The van der Waals surface area contributed by atoms with Gasteiger partial charge in [-0.15, -0.1) is 22.7 Å². The molecule has 2 amide bonds. The minimum absolute atomic E-state index is 0.00297. The first-order valence-electron chi connectivity index (χ1n) is 22.2. The van der Waals surface area contributed by atoms with Crippen LogP contribution in [0.15, 0.2) is 197 Å². The SMILES string of the molecule is CC1=C(C#N)C(=O)N(C)C(=O)/C1=C/c1ccc(N(c2ccccc2)c2cccc3ccccc23)s1.Cc1cc(=O)n(C)c(O)c1C#N.O=Cc1ccc(N(c2ccccc2)c2cccc3ccccc23)s1. The van der Waals surface area contributed by atoms with E-state index in [1.807, 2.05) is 84.9 Å². The highest BCUT2D eigenvalue weighted by Crippen LogP contribution is 2.44. The van der Waals surface area contributed by atoms with Crippen molar-refractivity contribution in [3.05, 3.63) is 224 Å². The first-order chi connectivity index (χ1) is 34.4. The third kappa shape index (κ3) is 10.0. The zero-order valence-electron chi connectivity index (χ0n) is 39.0. The fourth-order valence-electron chi connectivity index (χ4n) is 8.08. The zero-order chi connectivity index (χ0) is 50.2. The molecule has 0 unspecified atom stereocenters. The minimum Gasteiger partial charge on any atom is -0.493 e. The molecular formula is C58H44N6O5S2. The Kier molecular flexibility index (Phi) is 14.6. The molecule has 0 radical (unpaired) electrons. The normalized spacial score (nSPS) is 12.6. The van der Waals surface area contributed by atoms with E-state index in [4.69, 9.17) is 5.26 Å². The van der Waals surface area contributed by atoms with Crippen LogP contribution in [0.4, 0.5) is 32.8 Å². The standard InChI is InChI=1S/C29H21N3O2S.C21H15NOS.C8H8N2O2/c1-19-24(28(33)31(2)29(34)25(19)18-30)17-22-15-16-27(35-22)32(21-11-4-3-5-12-21)26-14-8-10-20-9-6-7-13-23(20)26;23-15-18-13-14-21(24-18)22(17-9-2-1-3-10-17)20-12-6-8-16-7-4-5-11-19(16)20;1-5-3-7(11)10(2)8(12)6(5)4-9/h3-17H,1-2H3;1-15H;3,12H,1-2H3/b24-17+;;. The van der Waals surface area contributed by atoms with Gasteiger partial charge >= 0.3 is 0 Å². The lowest BCUT2D eigenvalue weighted by molar-refractivity contribution is -0.138. The number of benzene rings is 6. The van der Waals surface area contributed by atoms with Gasteiger partial charge in [-0.3, -0.25) is 28.6 Å². The summed E-state index contributed by atoms with van der Waals surface area (Å²) in [7, 11) is 2.82. The van der Waals surface area contributed by atoms with Gasteiger partial charge in [0, 0.05) is 52.8 Å². The lowest BCUT2D eigenvalue weighted by atomic mass is 9.95. The number of amides is 2. The fraction of sp³-hybridized carbons (Fsp3) is 0.0690. The number of nitrogens with zero attached hydrogens (tertiary/aromatic N) is 6. The van der Waals surface area contributed by atoms with Gasteiger partial charge in [0.15, 0.2) is 6.29 Å². The van der Waals surface area contributed by atoms with Crippen molar-refractivity contribution in [1.29, 1.82) is 10.5 Å². The molecule has 3 aromatic heterocycles. The van der Waals surface area contributed by atoms with Gasteiger partial charge in [0.1, 0.15) is 33.3 Å². The van der Waals surface area contributed by atoms with Crippen LogP contribution < -0.4 is 15.4 Å². The fourth-order valence-corrected chi connectivity index (χ4v) is 9.92. The predicted octanol–water partition coefficient (Wildman–Crippen LogP) is 13.0. The van der Waals surface area contributed by atoms with Crippen molar-refractivity contribution in [2.24, 2.45) is 7.05 Å². The largest absolute Gasteiger partial charge is 0.493 e. The van der Waals surface area contributed by atoms with Crippen molar-refractivity contribution < 1.29 is 19.5 Å². The van der Waals surface area contributed by atoms with E-state index in [0.29, 0.717) is 16.7 Å². The van der Waals surface area contributed by atoms with Crippen LogP contribution in [-0.4, -0.2) is 39.7 Å². The predicted molar refractivity (Wildman–Crippen MR) is 285 cm³/mol. The molecule has 0 atom stereocenters. The van der Waals surface area contributed by atoms with Crippen LogP contribution in [0.2, 0.25) is 0 Å². The number of rotatable bonds is 8. The molecule has 13 heteroatoms. The molecule has 0 saturated carbocycles. The van der Waals surface area contributed by atoms with Gasteiger partial charge in [-0.25, -0.2) is 0 Å². The summed E-state index contributed by atoms with van der Waals surface area (Å²) in [4.78, 5) is 54.2. The van der Waals surface area contributed by atoms with Gasteiger partial charge in [0.2, 0.25) is 5.88 Å². The topological polar surface area (TPSA) is 151 Å². The Bertz CT molecular complexity index is 3680. The third-order valence-electron chi connectivity index (χ3n) is 11.8. The number of likely N-dealkylation sites (N-methyl/N-ethyl adjacent to an activating group) is 1. The second-order valence-electron chi connectivity index (χ2n) is 16.2.